The van der Waals surface area contributed by atoms with Gasteiger partial charge in [0, 0.05) is 44.3 Å². The van der Waals surface area contributed by atoms with E-state index < -0.39 is 0 Å². The van der Waals surface area contributed by atoms with E-state index in [2.05, 4.69) is 23.6 Å². The molecule has 0 saturated carbocycles. The Morgan fingerprint density at radius 3 is 2.37 bits per heavy atom. The predicted molar refractivity (Wildman–Crippen MR) is 74.9 cm³/mol. The molecule has 0 aromatic carbocycles. The third-order valence-electron chi connectivity index (χ3n) is 5.14. The second-order valence-corrected chi connectivity index (χ2v) is 6.51. The molecule has 3 saturated heterocycles. The molecule has 0 bridgehead atoms. The van der Waals surface area contributed by atoms with Gasteiger partial charge in [0.2, 0.25) is 0 Å². The third kappa shape index (κ3) is 2.23. The molecule has 3 rings (SSSR count). The number of piperidine rings is 1. The highest BCUT2D eigenvalue weighted by atomic mass is 16.2. The number of likely N-dealkylation sites (tertiary alicyclic amines) is 1. The van der Waals surface area contributed by atoms with Gasteiger partial charge in [-0.3, -0.25) is 0 Å². The fraction of sp³-hybridized carbons (Fsp3) is 0.929. The molecule has 0 aromatic heterocycles. The molecule has 3 aliphatic rings. The van der Waals surface area contributed by atoms with E-state index in [0.29, 0.717) is 12.1 Å². The summed E-state index contributed by atoms with van der Waals surface area (Å²) in [6.07, 6.45) is 3.19. The van der Waals surface area contributed by atoms with E-state index in [9.17, 15) is 4.79 Å². The van der Waals surface area contributed by atoms with Crippen LogP contribution in [0.1, 0.15) is 33.1 Å². The molecule has 3 heterocycles. The van der Waals surface area contributed by atoms with Crippen molar-refractivity contribution in [2.75, 3.05) is 26.2 Å². The van der Waals surface area contributed by atoms with Crippen LogP contribution in [0, 0.1) is 0 Å². The Kier molecular flexibility index (Phi) is 3.43. The highest BCUT2D eigenvalue weighted by Crippen LogP contribution is 2.30. The van der Waals surface area contributed by atoms with Gasteiger partial charge in [-0.1, -0.05) is 0 Å². The Labute approximate surface area is 115 Å². The van der Waals surface area contributed by atoms with Crippen molar-refractivity contribution in [2.24, 2.45) is 5.73 Å². The zero-order chi connectivity index (χ0) is 13.6. The SMILES string of the molecule is CC(C)N1CCC(N2C[C@@H]3[C@H](N)CCN3C2=O)CC1. The normalized spacial score (nSPS) is 33.6. The molecule has 0 spiro atoms. The van der Waals surface area contributed by atoms with Crippen LogP contribution in [0.2, 0.25) is 0 Å². The van der Waals surface area contributed by atoms with E-state index in [0.717, 1.165) is 45.4 Å². The Balaban J connectivity index is 1.61. The van der Waals surface area contributed by atoms with Crippen molar-refractivity contribution < 1.29 is 4.79 Å². The summed E-state index contributed by atoms with van der Waals surface area (Å²) in [5.41, 5.74) is 6.11. The molecule has 0 radical (unpaired) electrons. The zero-order valence-electron chi connectivity index (χ0n) is 12.1. The van der Waals surface area contributed by atoms with E-state index >= 15 is 0 Å². The number of fused-ring (bicyclic) bond motifs is 1. The smallest absolute Gasteiger partial charge is 0.320 e. The lowest BCUT2D eigenvalue weighted by atomic mass is 10.0. The van der Waals surface area contributed by atoms with Gasteiger partial charge in [0.1, 0.15) is 0 Å². The molecular formula is C14H26N4O. The van der Waals surface area contributed by atoms with Crippen LogP contribution in [0.15, 0.2) is 0 Å². The molecular weight excluding hydrogens is 240 g/mol. The van der Waals surface area contributed by atoms with Crippen molar-refractivity contribution in [3.63, 3.8) is 0 Å². The minimum Gasteiger partial charge on any atom is -0.326 e. The van der Waals surface area contributed by atoms with Gasteiger partial charge in [-0.25, -0.2) is 4.79 Å². The van der Waals surface area contributed by atoms with E-state index in [1.807, 2.05) is 4.90 Å². The molecule has 2 N–H and O–H groups in total. The van der Waals surface area contributed by atoms with Gasteiger partial charge in [-0.2, -0.15) is 0 Å². The van der Waals surface area contributed by atoms with Crippen LogP contribution in [0.4, 0.5) is 4.79 Å². The zero-order valence-corrected chi connectivity index (χ0v) is 12.1. The van der Waals surface area contributed by atoms with Crippen molar-refractivity contribution in [2.45, 2.75) is 57.3 Å². The summed E-state index contributed by atoms with van der Waals surface area (Å²) in [7, 11) is 0. The summed E-state index contributed by atoms with van der Waals surface area (Å²) < 4.78 is 0. The Morgan fingerprint density at radius 2 is 1.79 bits per heavy atom. The van der Waals surface area contributed by atoms with Crippen molar-refractivity contribution >= 4 is 6.03 Å². The lowest BCUT2D eigenvalue weighted by molar-refractivity contribution is 0.112. The average Bonchev–Trinajstić information content (AvgIpc) is 2.92. The van der Waals surface area contributed by atoms with E-state index in [-0.39, 0.29) is 18.1 Å². The standard InChI is InChI=1S/C14H26N4O/c1-10(2)16-6-3-11(4-7-16)18-9-13-12(15)5-8-17(13)14(18)19/h10-13H,3-9,15H2,1-2H3/t12-,13-/m1/s1. The molecule has 108 valence electrons. The maximum absolute atomic E-state index is 12.4. The van der Waals surface area contributed by atoms with Crippen LogP contribution in [0.5, 0.6) is 0 Å². The summed E-state index contributed by atoms with van der Waals surface area (Å²) in [6, 6.07) is 1.74. The van der Waals surface area contributed by atoms with Crippen LogP contribution >= 0.6 is 0 Å². The van der Waals surface area contributed by atoms with Crippen LogP contribution in [-0.4, -0.2) is 71.1 Å². The van der Waals surface area contributed by atoms with Crippen LogP contribution in [0.25, 0.3) is 0 Å². The Morgan fingerprint density at radius 1 is 1.11 bits per heavy atom. The fourth-order valence-electron chi connectivity index (χ4n) is 3.81. The van der Waals surface area contributed by atoms with Crippen molar-refractivity contribution in [1.29, 1.82) is 0 Å². The maximum atomic E-state index is 12.4. The lowest BCUT2D eigenvalue weighted by Crippen LogP contribution is -2.48. The molecule has 3 fully saturated rings. The molecule has 19 heavy (non-hydrogen) atoms. The Hall–Kier alpha value is -0.810. The number of carbonyl (C=O) groups is 1. The lowest BCUT2D eigenvalue weighted by Gasteiger charge is -2.38. The number of nitrogens with two attached hydrogens (primary N) is 1. The second-order valence-electron chi connectivity index (χ2n) is 6.51. The van der Waals surface area contributed by atoms with Crippen molar-refractivity contribution in [3.05, 3.63) is 0 Å². The third-order valence-corrected chi connectivity index (χ3v) is 5.14. The molecule has 3 aliphatic heterocycles. The molecule has 2 atom stereocenters. The number of hydrogen-bond donors (Lipinski definition) is 1. The molecule has 5 nitrogen and oxygen atoms in total. The number of hydrogen-bond acceptors (Lipinski definition) is 3. The topological polar surface area (TPSA) is 52.8 Å². The minimum absolute atomic E-state index is 0.185. The highest BCUT2D eigenvalue weighted by molar-refractivity contribution is 5.78. The molecule has 2 amide bonds. The average molecular weight is 266 g/mol. The predicted octanol–water partition coefficient (Wildman–Crippen LogP) is 0.696. The number of urea groups is 1. The van der Waals surface area contributed by atoms with Gasteiger partial charge < -0.3 is 20.4 Å². The number of carbonyl (C=O) groups excluding carboxylic acids is 1. The maximum Gasteiger partial charge on any atom is 0.320 e. The van der Waals surface area contributed by atoms with Gasteiger partial charge in [-0.05, 0) is 33.1 Å². The summed E-state index contributed by atoms with van der Waals surface area (Å²) >= 11 is 0. The number of amides is 2. The molecule has 0 unspecified atom stereocenters. The van der Waals surface area contributed by atoms with Crippen LogP contribution < -0.4 is 5.73 Å². The minimum atomic E-state index is 0.185. The van der Waals surface area contributed by atoms with Gasteiger partial charge in [0.05, 0.1) is 6.04 Å². The number of nitrogens with zero attached hydrogens (tertiary/aromatic N) is 3. The molecule has 5 heteroatoms. The summed E-state index contributed by atoms with van der Waals surface area (Å²) in [5.74, 6) is 0. The van der Waals surface area contributed by atoms with E-state index in [4.69, 9.17) is 5.73 Å². The number of rotatable bonds is 2. The van der Waals surface area contributed by atoms with Gasteiger partial charge >= 0.3 is 6.03 Å². The first-order chi connectivity index (χ1) is 9.08. The first-order valence-electron chi connectivity index (χ1n) is 7.65. The first kappa shape index (κ1) is 13.2. The molecule has 0 aliphatic carbocycles. The van der Waals surface area contributed by atoms with Gasteiger partial charge in [-0.15, -0.1) is 0 Å². The summed E-state index contributed by atoms with van der Waals surface area (Å²) in [4.78, 5) is 19.0. The second kappa shape index (κ2) is 4.94. The van der Waals surface area contributed by atoms with E-state index in [1.165, 1.54) is 0 Å². The largest absolute Gasteiger partial charge is 0.326 e. The van der Waals surface area contributed by atoms with Gasteiger partial charge in [0.25, 0.3) is 0 Å². The van der Waals surface area contributed by atoms with Crippen LogP contribution in [0.3, 0.4) is 0 Å². The Bertz CT molecular complexity index is 351. The quantitative estimate of drug-likeness (QED) is 0.800. The monoisotopic (exact) mass is 266 g/mol. The van der Waals surface area contributed by atoms with Crippen LogP contribution in [-0.2, 0) is 0 Å². The van der Waals surface area contributed by atoms with E-state index in [1.54, 1.807) is 0 Å². The molecule has 0 aromatic rings. The van der Waals surface area contributed by atoms with Crippen molar-refractivity contribution in [1.82, 2.24) is 14.7 Å². The first-order valence-corrected chi connectivity index (χ1v) is 7.65. The van der Waals surface area contributed by atoms with Gasteiger partial charge in [0.15, 0.2) is 0 Å². The summed E-state index contributed by atoms with van der Waals surface area (Å²) in [6.45, 7) is 8.43. The fourth-order valence-corrected chi connectivity index (χ4v) is 3.81. The highest BCUT2D eigenvalue weighted by Gasteiger charge is 2.46. The summed E-state index contributed by atoms with van der Waals surface area (Å²) in [5, 5.41) is 0. The van der Waals surface area contributed by atoms with Crippen molar-refractivity contribution in [3.8, 4) is 0 Å².